The van der Waals surface area contributed by atoms with Crippen molar-refractivity contribution in [1.29, 1.82) is 0 Å². The van der Waals surface area contributed by atoms with Crippen LogP contribution in [0, 0.1) is 0 Å². The maximum Gasteiger partial charge on any atom is 0.253 e. The Bertz CT molecular complexity index is 770. The molecule has 0 aliphatic heterocycles. The number of anilines is 2. The molecule has 1 N–H and O–H groups in total. The van der Waals surface area contributed by atoms with Gasteiger partial charge in [0.15, 0.2) is 0 Å². The second-order valence-electron chi connectivity index (χ2n) is 6.16. The molecule has 0 aliphatic carbocycles. The molecule has 6 nitrogen and oxygen atoms in total. The highest BCUT2D eigenvalue weighted by molar-refractivity contribution is 5.96. The van der Waals surface area contributed by atoms with Gasteiger partial charge in [0.2, 0.25) is 5.91 Å². The SMILES string of the molecule is CCN(CC)C(=O)c1ccc(NC(=O)CN(C)c2cccc(OC)c2)cc1. The lowest BCUT2D eigenvalue weighted by molar-refractivity contribution is -0.114. The average Bonchev–Trinajstić information content (AvgIpc) is 2.69. The van der Waals surface area contributed by atoms with Crippen LogP contribution in [0.2, 0.25) is 0 Å². The molecule has 0 saturated heterocycles. The smallest absolute Gasteiger partial charge is 0.253 e. The highest BCUT2D eigenvalue weighted by Crippen LogP contribution is 2.20. The van der Waals surface area contributed by atoms with Crippen LogP contribution >= 0.6 is 0 Å². The number of likely N-dealkylation sites (N-methyl/N-ethyl adjacent to an activating group) is 1. The van der Waals surface area contributed by atoms with Gasteiger partial charge in [-0.15, -0.1) is 0 Å². The first kappa shape index (κ1) is 20.3. The van der Waals surface area contributed by atoms with E-state index in [1.165, 1.54) is 0 Å². The molecule has 2 rings (SSSR count). The number of carbonyl (C=O) groups is 2. The van der Waals surface area contributed by atoms with Gasteiger partial charge in [-0.1, -0.05) is 6.07 Å². The average molecular weight is 369 g/mol. The molecule has 0 atom stereocenters. The van der Waals surface area contributed by atoms with Gasteiger partial charge in [0.1, 0.15) is 5.75 Å². The van der Waals surface area contributed by atoms with E-state index in [2.05, 4.69) is 5.32 Å². The molecule has 0 bridgehead atoms. The van der Waals surface area contributed by atoms with E-state index in [0.29, 0.717) is 24.3 Å². The fraction of sp³-hybridized carbons (Fsp3) is 0.333. The Morgan fingerprint density at radius 3 is 2.30 bits per heavy atom. The number of benzene rings is 2. The zero-order valence-electron chi connectivity index (χ0n) is 16.4. The van der Waals surface area contributed by atoms with Crippen LogP contribution < -0.4 is 15.0 Å². The van der Waals surface area contributed by atoms with E-state index in [0.717, 1.165) is 11.4 Å². The number of amides is 2. The van der Waals surface area contributed by atoms with E-state index in [4.69, 9.17) is 4.74 Å². The third-order valence-corrected chi connectivity index (χ3v) is 4.34. The summed E-state index contributed by atoms with van der Waals surface area (Å²) in [6, 6.07) is 14.5. The van der Waals surface area contributed by atoms with Gasteiger partial charge in [-0.05, 0) is 50.2 Å². The predicted molar refractivity (Wildman–Crippen MR) is 109 cm³/mol. The first-order valence-electron chi connectivity index (χ1n) is 9.02. The van der Waals surface area contributed by atoms with Gasteiger partial charge >= 0.3 is 0 Å². The third-order valence-electron chi connectivity index (χ3n) is 4.34. The van der Waals surface area contributed by atoms with Crippen LogP contribution in [-0.4, -0.2) is 50.5 Å². The van der Waals surface area contributed by atoms with E-state index in [-0.39, 0.29) is 18.4 Å². The molecule has 0 radical (unpaired) electrons. The fourth-order valence-corrected chi connectivity index (χ4v) is 2.74. The van der Waals surface area contributed by atoms with Crippen molar-refractivity contribution < 1.29 is 14.3 Å². The lowest BCUT2D eigenvalue weighted by Gasteiger charge is -2.20. The zero-order chi connectivity index (χ0) is 19.8. The number of methoxy groups -OCH3 is 1. The first-order chi connectivity index (χ1) is 13.0. The van der Waals surface area contributed by atoms with Gasteiger partial charge in [-0.3, -0.25) is 9.59 Å². The van der Waals surface area contributed by atoms with E-state index in [1.54, 1.807) is 36.3 Å². The van der Waals surface area contributed by atoms with Crippen molar-refractivity contribution in [1.82, 2.24) is 4.90 Å². The Hall–Kier alpha value is -3.02. The first-order valence-corrected chi connectivity index (χ1v) is 9.02. The van der Waals surface area contributed by atoms with Crippen LogP contribution in [-0.2, 0) is 4.79 Å². The fourth-order valence-electron chi connectivity index (χ4n) is 2.74. The van der Waals surface area contributed by atoms with Crippen LogP contribution in [0.25, 0.3) is 0 Å². The molecule has 27 heavy (non-hydrogen) atoms. The van der Waals surface area contributed by atoms with Crippen LogP contribution in [0.4, 0.5) is 11.4 Å². The van der Waals surface area contributed by atoms with Crippen molar-refractivity contribution in [3.05, 3.63) is 54.1 Å². The summed E-state index contributed by atoms with van der Waals surface area (Å²) in [4.78, 5) is 28.2. The zero-order valence-corrected chi connectivity index (χ0v) is 16.4. The largest absolute Gasteiger partial charge is 0.497 e. The molecule has 144 valence electrons. The van der Waals surface area contributed by atoms with Crippen molar-refractivity contribution in [2.45, 2.75) is 13.8 Å². The molecule has 2 aromatic carbocycles. The van der Waals surface area contributed by atoms with E-state index < -0.39 is 0 Å². The van der Waals surface area contributed by atoms with Gasteiger partial charge in [0.05, 0.1) is 13.7 Å². The van der Waals surface area contributed by atoms with Crippen molar-refractivity contribution in [2.24, 2.45) is 0 Å². The van der Waals surface area contributed by atoms with Gasteiger partial charge in [0.25, 0.3) is 5.91 Å². The summed E-state index contributed by atoms with van der Waals surface area (Å²) in [6.45, 7) is 5.45. The number of ether oxygens (including phenoxy) is 1. The maximum absolute atomic E-state index is 12.3. The summed E-state index contributed by atoms with van der Waals surface area (Å²) < 4.78 is 5.21. The van der Waals surface area contributed by atoms with E-state index in [9.17, 15) is 9.59 Å². The van der Waals surface area contributed by atoms with Crippen LogP contribution in [0.1, 0.15) is 24.2 Å². The highest BCUT2D eigenvalue weighted by Gasteiger charge is 2.13. The third kappa shape index (κ3) is 5.48. The Morgan fingerprint density at radius 2 is 1.70 bits per heavy atom. The molecular formula is C21H27N3O3. The monoisotopic (exact) mass is 369 g/mol. The molecule has 0 aromatic heterocycles. The number of nitrogens with zero attached hydrogens (tertiary/aromatic N) is 2. The molecule has 0 fully saturated rings. The molecule has 0 unspecified atom stereocenters. The predicted octanol–water partition coefficient (Wildman–Crippen LogP) is 3.25. The molecule has 2 aromatic rings. The summed E-state index contributed by atoms with van der Waals surface area (Å²) in [5.74, 6) is 0.604. The minimum absolute atomic E-state index is 0.00404. The Morgan fingerprint density at radius 1 is 1.04 bits per heavy atom. The molecule has 0 saturated carbocycles. The summed E-state index contributed by atoms with van der Waals surface area (Å²) >= 11 is 0. The Kier molecular flexibility index (Phi) is 7.23. The van der Waals surface area contributed by atoms with E-state index >= 15 is 0 Å². The molecule has 2 amide bonds. The van der Waals surface area contributed by atoms with Crippen molar-refractivity contribution in [2.75, 3.05) is 44.0 Å². The molecule has 6 heteroatoms. The highest BCUT2D eigenvalue weighted by atomic mass is 16.5. The van der Waals surface area contributed by atoms with Crippen molar-refractivity contribution >= 4 is 23.2 Å². The summed E-state index contributed by atoms with van der Waals surface area (Å²) in [7, 11) is 3.46. The van der Waals surface area contributed by atoms with Crippen LogP contribution in [0.3, 0.4) is 0 Å². The minimum atomic E-state index is -0.136. The Balaban J connectivity index is 1.96. The van der Waals surface area contributed by atoms with Gasteiger partial charge in [0, 0.05) is 43.1 Å². The topological polar surface area (TPSA) is 61.9 Å². The molecular weight excluding hydrogens is 342 g/mol. The van der Waals surface area contributed by atoms with Crippen LogP contribution in [0.5, 0.6) is 5.75 Å². The Labute approximate surface area is 160 Å². The minimum Gasteiger partial charge on any atom is -0.497 e. The summed E-state index contributed by atoms with van der Waals surface area (Å²) in [6.07, 6.45) is 0. The van der Waals surface area contributed by atoms with Crippen molar-refractivity contribution in [3.63, 3.8) is 0 Å². The van der Waals surface area contributed by atoms with Crippen molar-refractivity contribution in [3.8, 4) is 5.75 Å². The second kappa shape index (κ2) is 9.62. The van der Waals surface area contributed by atoms with E-state index in [1.807, 2.05) is 50.1 Å². The number of hydrogen-bond acceptors (Lipinski definition) is 4. The van der Waals surface area contributed by atoms with Gasteiger partial charge < -0.3 is 19.9 Å². The lowest BCUT2D eigenvalue weighted by Crippen LogP contribution is -2.31. The maximum atomic E-state index is 12.3. The lowest BCUT2D eigenvalue weighted by atomic mass is 10.1. The number of carbonyl (C=O) groups excluding carboxylic acids is 2. The molecule has 0 heterocycles. The van der Waals surface area contributed by atoms with Crippen LogP contribution in [0.15, 0.2) is 48.5 Å². The summed E-state index contributed by atoms with van der Waals surface area (Å²) in [5.41, 5.74) is 2.17. The number of nitrogens with one attached hydrogen (secondary N) is 1. The number of rotatable bonds is 8. The normalized spacial score (nSPS) is 10.2. The van der Waals surface area contributed by atoms with Gasteiger partial charge in [-0.2, -0.15) is 0 Å². The quantitative estimate of drug-likeness (QED) is 0.776. The standard InChI is InChI=1S/C21H27N3O3/c1-5-24(6-2)21(26)16-10-12-17(13-11-16)22-20(25)15-23(3)18-8-7-9-19(14-18)27-4/h7-14H,5-6,15H2,1-4H3,(H,22,25). The molecule has 0 aliphatic rings. The summed E-state index contributed by atoms with van der Waals surface area (Å²) in [5, 5.41) is 2.86. The molecule has 0 spiro atoms. The second-order valence-corrected chi connectivity index (χ2v) is 6.16. The van der Waals surface area contributed by atoms with Gasteiger partial charge in [-0.25, -0.2) is 0 Å². The number of hydrogen-bond donors (Lipinski definition) is 1.